The van der Waals surface area contributed by atoms with Crippen LogP contribution in [0.3, 0.4) is 0 Å². The van der Waals surface area contributed by atoms with E-state index in [1.807, 2.05) is 0 Å². The van der Waals surface area contributed by atoms with Crippen LogP contribution < -0.4 is 5.32 Å². The predicted molar refractivity (Wildman–Crippen MR) is 69.1 cm³/mol. The van der Waals surface area contributed by atoms with Crippen molar-refractivity contribution in [3.05, 3.63) is 36.4 Å². The first-order chi connectivity index (χ1) is 8.38. The minimum absolute atomic E-state index is 0.149. The van der Waals surface area contributed by atoms with E-state index in [0.29, 0.717) is 11.1 Å². The van der Waals surface area contributed by atoms with Gasteiger partial charge in [0.15, 0.2) is 0 Å². The molecule has 0 saturated carbocycles. The molecule has 0 aliphatic heterocycles. The summed E-state index contributed by atoms with van der Waals surface area (Å²) in [7, 11) is -4.20. The number of nitrogens with one attached hydrogen (secondary N) is 1. The molecule has 0 amide bonds. The van der Waals surface area contributed by atoms with E-state index in [1.54, 1.807) is 31.2 Å². The molecule has 0 heterocycles. The van der Waals surface area contributed by atoms with Gasteiger partial charge in [-0.3, -0.25) is 4.55 Å². The summed E-state index contributed by atoms with van der Waals surface area (Å²) in [6.07, 6.45) is -0.711. The molecule has 0 aromatic heterocycles. The predicted octanol–water partition coefficient (Wildman–Crippen LogP) is 1.84. The van der Waals surface area contributed by atoms with Gasteiger partial charge in [-0.15, -0.1) is 0 Å². The molecule has 6 heteroatoms. The number of hydrogen-bond donors (Lipinski definition) is 3. The third kappa shape index (κ3) is 2.61. The summed E-state index contributed by atoms with van der Waals surface area (Å²) < 4.78 is 31.1. The second kappa shape index (κ2) is 4.56. The fourth-order valence-electron chi connectivity index (χ4n) is 1.77. The van der Waals surface area contributed by atoms with Gasteiger partial charge in [-0.2, -0.15) is 8.42 Å². The first-order valence-corrected chi connectivity index (χ1v) is 6.77. The molecular weight excluding hydrogens is 254 g/mol. The molecule has 0 aliphatic rings. The maximum Gasteiger partial charge on any atom is 0.294 e. The molecule has 96 valence electrons. The van der Waals surface area contributed by atoms with E-state index in [1.165, 1.54) is 12.1 Å². The quantitative estimate of drug-likeness (QED) is 0.583. The first kappa shape index (κ1) is 12.8. The van der Waals surface area contributed by atoms with E-state index in [2.05, 4.69) is 5.32 Å². The normalized spacial score (nSPS) is 13.5. The van der Waals surface area contributed by atoms with Crippen LogP contribution in [0.25, 0.3) is 10.8 Å². The molecule has 0 bridgehead atoms. The Morgan fingerprint density at radius 2 is 1.94 bits per heavy atom. The van der Waals surface area contributed by atoms with Crippen LogP contribution in [0.4, 0.5) is 5.69 Å². The lowest BCUT2D eigenvalue weighted by atomic mass is 10.1. The van der Waals surface area contributed by atoms with Crippen molar-refractivity contribution in [2.45, 2.75) is 18.0 Å². The Morgan fingerprint density at radius 1 is 1.22 bits per heavy atom. The molecule has 0 radical (unpaired) electrons. The van der Waals surface area contributed by atoms with Crippen LogP contribution in [0.5, 0.6) is 0 Å². The Morgan fingerprint density at radius 3 is 2.56 bits per heavy atom. The fourth-order valence-corrected chi connectivity index (χ4v) is 2.29. The number of aliphatic hydroxyl groups excluding tert-OH is 1. The molecule has 5 nitrogen and oxygen atoms in total. The number of aliphatic hydroxyl groups is 1. The average Bonchev–Trinajstić information content (AvgIpc) is 2.27. The highest BCUT2D eigenvalue weighted by Gasteiger charge is 2.11. The number of rotatable bonds is 3. The van der Waals surface area contributed by atoms with E-state index >= 15 is 0 Å². The standard InChI is InChI=1S/C12H13NO4S/c1-8(14)13-12-4-2-3-9-7-10(18(15,16)17)5-6-11(9)12/h2-8,13-14H,1H3,(H,15,16,17). The molecule has 18 heavy (non-hydrogen) atoms. The van der Waals surface area contributed by atoms with Crippen molar-refractivity contribution in [2.75, 3.05) is 5.32 Å². The molecule has 2 rings (SSSR count). The van der Waals surface area contributed by atoms with Crippen LogP contribution in [-0.4, -0.2) is 24.3 Å². The third-order valence-electron chi connectivity index (χ3n) is 2.51. The summed E-state index contributed by atoms with van der Waals surface area (Å²) in [6, 6.07) is 9.55. The second-order valence-corrected chi connectivity index (χ2v) is 5.41. The molecule has 1 atom stereocenters. The van der Waals surface area contributed by atoms with Crippen LogP contribution in [0, 0.1) is 0 Å². The lowest BCUT2D eigenvalue weighted by molar-refractivity contribution is 0.224. The van der Waals surface area contributed by atoms with Crippen molar-refractivity contribution >= 4 is 26.6 Å². The van der Waals surface area contributed by atoms with Crippen molar-refractivity contribution in [3.8, 4) is 0 Å². The lowest BCUT2D eigenvalue weighted by Crippen LogP contribution is -2.13. The zero-order valence-corrected chi connectivity index (χ0v) is 10.5. The molecule has 1 unspecified atom stereocenters. The van der Waals surface area contributed by atoms with Crippen LogP contribution >= 0.6 is 0 Å². The summed E-state index contributed by atoms with van der Waals surface area (Å²) in [5.41, 5.74) is 0.699. The summed E-state index contributed by atoms with van der Waals surface area (Å²) in [4.78, 5) is -0.149. The minimum Gasteiger partial charge on any atom is -0.374 e. The third-order valence-corrected chi connectivity index (χ3v) is 3.36. The van der Waals surface area contributed by atoms with Gasteiger partial charge in [0.25, 0.3) is 10.1 Å². The largest absolute Gasteiger partial charge is 0.374 e. The van der Waals surface area contributed by atoms with E-state index in [9.17, 15) is 13.5 Å². The number of benzene rings is 2. The fraction of sp³-hybridized carbons (Fsp3) is 0.167. The topological polar surface area (TPSA) is 86.6 Å². The van der Waals surface area contributed by atoms with Crippen molar-refractivity contribution < 1.29 is 18.1 Å². The van der Waals surface area contributed by atoms with Gasteiger partial charge in [0, 0.05) is 11.1 Å². The molecule has 0 spiro atoms. The molecule has 0 aliphatic carbocycles. The van der Waals surface area contributed by atoms with Crippen LogP contribution in [-0.2, 0) is 10.1 Å². The highest BCUT2D eigenvalue weighted by Crippen LogP contribution is 2.26. The van der Waals surface area contributed by atoms with E-state index in [4.69, 9.17) is 4.55 Å². The van der Waals surface area contributed by atoms with Gasteiger partial charge in [0.1, 0.15) is 6.23 Å². The molecular formula is C12H13NO4S. The lowest BCUT2D eigenvalue weighted by Gasteiger charge is -2.12. The van der Waals surface area contributed by atoms with E-state index < -0.39 is 16.3 Å². The summed E-state index contributed by atoms with van der Waals surface area (Å²) in [5.74, 6) is 0. The monoisotopic (exact) mass is 267 g/mol. The Kier molecular flexibility index (Phi) is 3.25. The maximum absolute atomic E-state index is 11.0. The molecule has 0 fully saturated rings. The smallest absolute Gasteiger partial charge is 0.294 e. The zero-order chi connectivity index (χ0) is 13.3. The van der Waals surface area contributed by atoms with Gasteiger partial charge < -0.3 is 10.4 Å². The molecule has 3 N–H and O–H groups in total. The highest BCUT2D eigenvalue weighted by atomic mass is 32.2. The molecule has 2 aromatic carbocycles. The zero-order valence-electron chi connectivity index (χ0n) is 9.66. The van der Waals surface area contributed by atoms with Crippen LogP contribution in [0.2, 0.25) is 0 Å². The van der Waals surface area contributed by atoms with Gasteiger partial charge in [-0.05, 0) is 30.5 Å². The number of hydrogen-bond acceptors (Lipinski definition) is 4. The summed E-state index contributed by atoms with van der Waals surface area (Å²) in [6.45, 7) is 1.59. The first-order valence-electron chi connectivity index (χ1n) is 5.33. The summed E-state index contributed by atoms with van der Waals surface area (Å²) >= 11 is 0. The van der Waals surface area contributed by atoms with Gasteiger partial charge in [-0.25, -0.2) is 0 Å². The van der Waals surface area contributed by atoms with Crippen molar-refractivity contribution in [1.82, 2.24) is 0 Å². The van der Waals surface area contributed by atoms with Gasteiger partial charge in [0.2, 0.25) is 0 Å². The van der Waals surface area contributed by atoms with Gasteiger partial charge >= 0.3 is 0 Å². The maximum atomic E-state index is 11.0. The van der Waals surface area contributed by atoms with Crippen LogP contribution in [0.1, 0.15) is 6.92 Å². The Hall–Kier alpha value is -1.63. The Balaban J connectivity index is 2.60. The molecule has 2 aromatic rings. The van der Waals surface area contributed by atoms with E-state index in [-0.39, 0.29) is 4.90 Å². The van der Waals surface area contributed by atoms with E-state index in [0.717, 1.165) is 5.39 Å². The summed E-state index contributed by atoms with van der Waals surface area (Å²) in [5, 5.41) is 13.6. The number of anilines is 1. The van der Waals surface area contributed by atoms with Crippen molar-refractivity contribution in [1.29, 1.82) is 0 Å². The van der Waals surface area contributed by atoms with Crippen LogP contribution in [0.15, 0.2) is 41.3 Å². The van der Waals surface area contributed by atoms with Gasteiger partial charge in [0.05, 0.1) is 4.90 Å². The Labute approximate surface area is 105 Å². The van der Waals surface area contributed by atoms with Gasteiger partial charge in [-0.1, -0.05) is 18.2 Å². The van der Waals surface area contributed by atoms with Crippen molar-refractivity contribution in [2.24, 2.45) is 0 Å². The minimum atomic E-state index is -4.20. The number of fused-ring (bicyclic) bond motifs is 1. The van der Waals surface area contributed by atoms with Crippen molar-refractivity contribution in [3.63, 3.8) is 0 Å². The Bertz CT molecular complexity index is 680. The molecule has 0 saturated heterocycles. The second-order valence-electron chi connectivity index (χ2n) is 3.98. The average molecular weight is 267 g/mol. The SMILES string of the molecule is CC(O)Nc1cccc2cc(S(=O)(=O)O)ccc12. The highest BCUT2D eigenvalue weighted by molar-refractivity contribution is 7.85.